The number of aromatic nitrogens is 1. The SMILES string of the molecule is COC(=O)/C=C/c1cccc(N(Cc2ccc(-c3nccs3)cc2)C(=O)C2CCCCC2)c1. The summed E-state index contributed by atoms with van der Waals surface area (Å²) in [6.45, 7) is 0.498. The fourth-order valence-corrected chi connectivity index (χ4v) is 4.84. The average molecular weight is 461 g/mol. The molecule has 0 atom stereocenters. The van der Waals surface area contributed by atoms with Gasteiger partial charge in [-0.15, -0.1) is 11.3 Å². The zero-order chi connectivity index (χ0) is 23.0. The summed E-state index contributed by atoms with van der Waals surface area (Å²) < 4.78 is 4.69. The molecule has 1 saturated carbocycles. The second-order valence-corrected chi connectivity index (χ2v) is 9.14. The molecule has 1 fully saturated rings. The summed E-state index contributed by atoms with van der Waals surface area (Å²) in [6, 6.07) is 16.0. The molecule has 4 rings (SSSR count). The Morgan fingerprint density at radius 1 is 1.12 bits per heavy atom. The first-order chi connectivity index (χ1) is 16.1. The number of thiazole rings is 1. The number of hydrogen-bond acceptors (Lipinski definition) is 5. The number of esters is 1. The molecule has 6 heteroatoms. The Balaban J connectivity index is 1.60. The highest BCUT2D eigenvalue weighted by Gasteiger charge is 2.27. The molecule has 3 aromatic rings. The van der Waals surface area contributed by atoms with Crippen molar-refractivity contribution in [3.63, 3.8) is 0 Å². The van der Waals surface area contributed by atoms with E-state index in [4.69, 9.17) is 0 Å². The molecular formula is C27H28N2O3S. The van der Waals surface area contributed by atoms with Crippen LogP contribution in [0.15, 0.2) is 66.2 Å². The van der Waals surface area contributed by atoms with Gasteiger partial charge in [-0.1, -0.05) is 55.7 Å². The molecule has 1 aliphatic carbocycles. The van der Waals surface area contributed by atoms with Gasteiger partial charge in [0.25, 0.3) is 0 Å². The summed E-state index contributed by atoms with van der Waals surface area (Å²) in [5.41, 5.74) is 3.82. The number of carbonyl (C=O) groups excluding carboxylic acids is 2. The Labute approximate surface area is 198 Å². The molecule has 5 nitrogen and oxygen atoms in total. The summed E-state index contributed by atoms with van der Waals surface area (Å²) in [7, 11) is 1.35. The number of benzene rings is 2. The molecule has 0 spiro atoms. The van der Waals surface area contributed by atoms with Crippen LogP contribution in [-0.2, 0) is 20.9 Å². The van der Waals surface area contributed by atoms with Gasteiger partial charge in [0.15, 0.2) is 0 Å². The van der Waals surface area contributed by atoms with Crippen LogP contribution in [-0.4, -0.2) is 24.0 Å². The first kappa shape index (κ1) is 22.9. The van der Waals surface area contributed by atoms with Crippen molar-refractivity contribution in [2.75, 3.05) is 12.0 Å². The Bertz CT molecular complexity index is 1100. The largest absolute Gasteiger partial charge is 0.466 e. The van der Waals surface area contributed by atoms with Crippen LogP contribution < -0.4 is 4.90 Å². The topological polar surface area (TPSA) is 59.5 Å². The lowest BCUT2D eigenvalue weighted by Gasteiger charge is -2.30. The summed E-state index contributed by atoms with van der Waals surface area (Å²) >= 11 is 1.61. The summed E-state index contributed by atoms with van der Waals surface area (Å²) in [6.07, 6.45) is 10.2. The van der Waals surface area contributed by atoms with Gasteiger partial charge in [-0.25, -0.2) is 9.78 Å². The molecule has 1 amide bonds. The molecule has 0 saturated heterocycles. The third kappa shape index (κ3) is 5.96. The van der Waals surface area contributed by atoms with Gasteiger partial charge in [0, 0.05) is 34.8 Å². The number of ether oxygens (including phenoxy) is 1. The number of amides is 1. The zero-order valence-electron chi connectivity index (χ0n) is 18.8. The monoisotopic (exact) mass is 460 g/mol. The van der Waals surface area contributed by atoms with E-state index in [1.807, 2.05) is 34.5 Å². The smallest absolute Gasteiger partial charge is 0.330 e. The lowest BCUT2D eigenvalue weighted by atomic mass is 9.88. The van der Waals surface area contributed by atoms with E-state index in [0.717, 1.165) is 53.1 Å². The maximum Gasteiger partial charge on any atom is 0.330 e. The van der Waals surface area contributed by atoms with Crippen molar-refractivity contribution in [1.29, 1.82) is 0 Å². The van der Waals surface area contributed by atoms with Gasteiger partial charge >= 0.3 is 5.97 Å². The van der Waals surface area contributed by atoms with Crippen molar-refractivity contribution in [2.45, 2.75) is 38.6 Å². The number of methoxy groups -OCH3 is 1. The minimum Gasteiger partial charge on any atom is -0.466 e. The third-order valence-corrected chi connectivity index (χ3v) is 6.81. The van der Waals surface area contributed by atoms with Gasteiger partial charge in [0.05, 0.1) is 13.7 Å². The predicted octanol–water partition coefficient (Wildman–Crippen LogP) is 6.11. The van der Waals surface area contributed by atoms with E-state index in [-0.39, 0.29) is 11.8 Å². The van der Waals surface area contributed by atoms with Crippen LogP contribution in [0.5, 0.6) is 0 Å². The average Bonchev–Trinajstić information content (AvgIpc) is 3.41. The fourth-order valence-electron chi connectivity index (χ4n) is 4.20. The minimum atomic E-state index is -0.407. The highest BCUT2D eigenvalue weighted by atomic mass is 32.1. The minimum absolute atomic E-state index is 0.0580. The van der Waals surface area contributed by atoms with Gasteiger partial charge in [-0.05, 0) is 42.2 Å². The van der Waals surface area contributed by atoms with Crippen LogP contribution in [0, 0.1) is 5.92 Å². The Morgan fingerprint density at radius 2 is 1.91 bits per heavy atom. The third-order valence-electron chi connectivity index (χ3n) is 5.99. The lowest BCUT2D eigenvalue weighted by molar-refractivity contribution is -0.134. The lowest BCUT2D eigenvalue weighted by Crippen LogP contribution is -2.36. The molecular weight excluding hydrogens is 432 g/mol. The Kier molecular flexibility index (Phi) is 7.68. The molecule has 1 heterocycles. The quantitative estimate of drug-likeness (QED) is 0.315. The normalized spacial score (nSPS) is 14.3. The Hall–Kier alpha value is -3.25. The van der Waals surface area contributed by atoms with Crippen molar-refractivity contribution in [1.82, 2.24) is 4.98 Å². The van der Waals surface area contributed by atoms with Crippen LogP contribution in [0.25, 0.3) is 16.6 Å². The number of nitrogens with zero attached hydrogens (tertiary/aromatic N) is 2. The molecule has 33 heavy (non-hydrogen) atoms. The van der Waals surface area contributed by atoms with Gasteiger partial charge in [0.1, 0.15) is 5.01 Å². The number of anilines is 1. The maximum absolute atomic E-state index is 13.6. The number of rotatable bonds is 7. The molecule has 0 aliphatic heterocycles. The van der Waals surface area contributed by atoms with Gasteiger partial charge in [-0.3, -0.25) is 4.79 Å². The van der Waals surface area contributed by atoms with E-state index in [2.05, 4.69) is 34.0 Å². The molecule has 2 aromatic carbocycles. The molecule has 170 valence electrons. The predicted molar refractivity (Wildman–Crippen MR) is 133 cm³/mol. The number of hydrogen-bond donors (Lipinski definition) is 0. The summed E-state index contributed by atoms with van der Waals surface area (Å²) in [5, 5.41) is 2.96. The molecule has 1 aromatic heterocycles. The van der Waals surface area contributed by atoms with Gasteiger partial charge in [-0.2, -0.15) is 0 Å². The molecule has 0 bridgehead atoms. The first-order valence-electron chi connectivity index (χ1n) is 11.3. The molecule has 0 unspecified atom stereocenters. The van der Waals surface area contributed by atoms with Crippen LogP contribution in [0.3, 0.4) is 0 Å². The van der Waals surface area contributed by atoms with E-state index in [9.17, 15) is 9.59 Å². The zero-order valence-corrected chi connectivity index (χ0v) is 19.6. The van der Waals surface area contributed by atoms with Crippen molar-refractivity contribution < 1.29 is 14.3 Å². The van der Waals surface area contributed by atoms with Crippen molar-refractivity contribution in [3.05, 3.63) is 77.3 Å². The van der Waals surface area contributed by atoms with Crippen molar-refractivity contribution in [2.24, 2.45) is 5.92 Å². The van der Waals surface area contributed by atoms with Crippen LogP contribution in [0.4, 0.5) is 5.69 Å². The molecule has 0 radical (unpaired) electrons. The van der Waals surface area contributed by atoms with E-state index in [1.54, 1.807) is 23.6 Å². The second kappa shape index (κ2) is 11.1. The standard InChI is InChI=1S/C27H28N2O3S/c1-32-25(30)15-12-20-6-5-9-24(18-20)29(27(31)23-7-3-2-4-8-23)19-21-10-13-22(14-11-21)26-28-16-17-33-26/h5-6,9-18,23H,2-4,7-8,19H2,1H3/b15-12+. The van der Waals surface area contributed by atoms with Crippen LogP contribution >= 0.6 is 11.3 Å². The highest BCUT2D eigenvalue weighted by molar-refractivity contribution is 7.13. The summed E-state index contributed by atoms with van der Waals surface area (Å²) in [4.78, 5) is 31.4. The first-order valence-corrected chi connectivity index (χ1v) is 12.2. The molecule has 1 aliphatic rings. The summed E-state index contributed by atoms with van der Waals surface area (Å²) in [5.74, 6) is -0.175. The van der Waals surface area contributed by atoms with E-state index >= 15 is 0 Å². The van der Waals surface area contributed by atoms with Crippen LogP contribution in [0.1, 0.15) is 43.2 Å². The van der Waals surface area contributed by atoms with Crippen LogP contribution in [0.2, 0.25) is 0 Å². The number of carbonyl (C=O) groups is 2. The fraction of sp³-hybridized carbons (Fsp3) is 0.296. The van der Waals surface area contributed by atoms with Crippen molar-refractivity contribution >= 4 is 35.0 Å². The molecule has 0 N–H and O–H groups in total. The van der Waals surface area contributed by atoms with E-state index in [0.29, 0.717) is 6.54 Å². The van der Waals surface area contributed by atoms with Gasteiger partial charge < -0.3 is 9.64 Å². The second-order valence-electron chi connectivity index (χ2n) is 8.24. The highest BCUT2D eigenvalue weighted by Crippen LogP contribution is 2.30. The maximum atomic E-state index is 13.6. The van der Waals surface area contributed by atoms with Gasteiger partial charge in [0.2, 0.25) is 5.91 Å². The van der Waals surface area contributed by atoms with Crippen molar-refractivity contribution in [3.8, 4) is 10.6 Å². The van der Waals surface area contributed by atoms with E-state index < -0.39 is 5.97 Å². The Morgan fingerprint density at radius 3 is 2.61 bits per heavy atom. The van der Waals surface area contributed by atoms with E-state index in [1.165, 1.54) is 19.6 Å².